The van der Waals surface area contributed by atoms with E-state index in [9.17, 15) is 4.79 Å². The molecule has 10 nitrogen and oxygen atoms in total. The molecule has 11 heteroatoms. The zero-order valence-corrected chi connectivity index (χ0v) is 16.3. The van der Waals surface area contributed by atoms with Crippen LogP contribution in [-0.2, 0) is 10.4 Å². The van der Waals surface area contributed by atoms with Crippen molar-refractivity contribution < 1.29 is 22.3 Å². The molecule has 0 aliphatic heterocycles. The highest BCUT2D eigenvalue weighted by Crippen LogP contribution is 2.25. The highest BCUT2D eigenvalue weighted by Gasteiger charge is 2.25. The summed E-state index contributed by atoms with van der Waals surface area (Å²) in [4.78, 5) is 17.5. The fraction of sp³-hybridized carbons (Fsp3) is 0.111. The normalized spacial score (nSPS) is 10.4. The minimum absolute atomic E-state index is 0.233. The summed E-state index contributed by atoms with van der Waals surface area (Å²) >= 11 is 0. The number of para-hydroxylation sites is 1. The van der Waals surface area contributed by atoms with Crippen molar-refractivity contribution >= 4 is 27.8 Å². The molecule has 0 atom stereocenters. The molecule has 0 bridgehead atoms. The Labute approximate surface area is 167 Å². The fourth-order valence-corrected chi connectivity index (χ4v) is 2.51. The van der Waals surface area contributed by atoms with Gasteiger partial charge in [-0.15, -0.1) is 0 Å². The number of carbonyl (C=O) groups excluding carboxylic acids is 1. The van der Waals surface area contributed by atoms with Crippen LogP contribution in [0.15, 0.2) is 60.7 Å². The lowest BCUT2D eigenvalue weighted by molar-refractivity contribution is 0.0992. The minimum atomic E-state index is -4.92. The Morgan fingerprint density at radius 1 is 1.17 bits per heavy atom. The first-order chi connectivity index (χ1) is 13.6. The van der Waals surface area contributed by atoms with Gasteiger partial charge in [0.15, 0.2) is 4.98 Å². The van der Waals surface area contributed by atoms with Crippen molar-refractivity contribution in [3.05, 3.63) is 76.9 Å². The number of rotatable bonds is 3. The van der Waals surface area contributed by atoms with Crippen molar-refractivity contribution in [2.24, 2.45) is 0 Å². The van der Waals surface area contributed by atoms with Crippen molar-refractivity contribution in [1.82, 2.24) is 9.78 Å². The van der Waals surface area contributed by atoms with E-state index in [-0.39, 0.29) is 11.6 Å². The predicted octanol–water partition coefficient (Wildman–Crippen LogP) is 2.95. The maximum Gasteiger partial charge on any atom is 0.397 e. The van der Waals surface area contributed by atoms with Gasteiger partial charge in [-0.25, -0.2) is 13.1 Å². The number of anilines is 1. The van der Waals surface area contributed by atoms with E-state index < -0.39 is 10.4 Å². The SMILES string of the molecule is Cc1cc(N(C)C(=O)c2ccccc2[N+]#N)n(-c2ccccc2)n1.O=S(=O)([O-])O. The lowest BCUT2D eigenvalue weighted by Gasteiger charge is -2.18. The third-order valence-electron chi connectivity index (χ3n) is 3.70. The first-order valence-electron chi connectivity index (χ1n) is 8.14. The van der Waals surface area contributed by atoms with Crippen LogP contribution in [0.25, 0.3) is 10.7 Å². The lowest BCUT2D eigenvalue weighted by atomic mass is 10.1. The van der Waals surface area contributed by atoms with Crippen LogP contribution in [0.2, 0.25) is 0 Å². The zero-order chi connectivity index (χ0) is 21.6. The summed E-state index contributed by atoms with van der Waals surface area (Å²) < 4.78 is 34.5. The molecule has 1 N–H and O–H groups in total. The summed E-state index contributed by atoms with van der Waals surface area (Å²) in [6, 6.07) is 18.1. The number of aromatic nitrogens is 2. The Morgan fingerprint density at radius 2 is 1.72 bits per heavy atom. The molecule has 29 heavy (non-hydrogen) atoms. The molecule has 150 valence electrons. The maximum absolute atomic E-state index is 12.8. The van der Waals surface area contributed by atoms with Crippen LogP contribution >= 0.6 is 0 Å². The van der Waals surface area contributed by atoms with Crippen LogP contribution in [-0.4, -0.2) is 40.3 Å². The zero-order valence-electron chi connectivity index (χ0n) is 15.5. The van der Waals surface area contributed by atoms with E-state index in [1.54, 1.807) is 36.0 Å². The van der Waals surface area contributed by atoms with E-state index >= 15 is 0 Å². The number of hydrogen-bond donors (Lipinski definition) is 1. The van der Waals surface area contributed by atoms with Gasteiger partial charge in [-0.05, 0) is 25.1 Å². The summed E-state index contributed by atoms with van der Waals surface area (Å²) in [7, 11) is -3.24. The number of benzene rings is 2. The Kier molecular flexibility index (Phi) is 6.79. The van der Waals surface area contributed by atoms with Crippen LogP contribution < -0.4 is 4.90 Å². The van der Waals surface area contributed by atoms with E-state index in [1.807, 2.05) is 43.3 Å². The Balaban J connectivity index is 0.000000537. The number of nitrogens with zero attached hydrogens (tertiary/aromatic N) is 5. The third-order valence-corrected chi connectivity index (χ3v) is 3.70. The number of carbonyl (C=O) groups is 1. The Hall–Kier alpha value is -3.59. The number of amides is 1. The second-order valence-electron chi connectivity index (χ2n) is 5.80. The van der Waals surface area contributed by atoms with Crippen molar-refractivity contribution in [1.29, 1.82) is 5.39 Å². The van der Waals surface area contributed by atoms with Gasteiger partial charge in [0.1, 0.15) is 11.4 Å². The van der Waals surface area contributed by atoms with Gasteiger partial charge in [-0.3, -0.25) is 14.2 Å². The molecule has 1 amide bonds. The van der Waals surface area contributed by atoms with Crippen LogP contribution in [0.3, 0.4) is 0 Å². The molecule has 0 aliphatic carbocycles. The molecule has 1 aromatic heterocycles. The van der Waals surface area contributed by atoms with Gasteiger partial charge in [-0.2, -0.15) is 5.10 Å². The second-order valence-corrected chi connectivity index (χ2v) is 6.66. The minimum Gasteiger partial charge on any atom is -0.726 e. The summed E-state index contributed by atoms with van der Waals surface area (Å²) in [5, 5.41) is 13.6. The van der Waals surface area contributed by atoms with Crippen molar-refractivity contribution in [2.45, 2.75) is 6.92 Å². The number of hydrogen-bond acceptors (Lipinski definition) is 6. The fourth-order valence-electron chi connectivity index (χ4n) is 2.51. The maximum atomic E-state index is 12.8. The molecule has 0 saturated carbocycles. The van der Waals surface area contributed by atoms with Gasteiger partial charge in [-0.1, -0.05) is 30.3 Å². The quantitative estimate of drug-likeness (QED) is 0.393. The summed E-state index contributed by atoms with van der Waals surface area (Å²) in [6.45, 7) is 1.87. The first-order valence-corrected chi connectivity index (χ1v) is 9.51. The second kappa shape index (κ2) is 9.07. The van der Waals surface area contributed by atoms with Gasteiger partial charge >= 0.3 is 5.69 Å². The van der Waals surface area contributed by atoms with Gasteiger partial charge in [0.2, 0.25) is 15.8 Å². The topological polar surface area (TPSA) is 144 Å². The number of aryl methyl sites for hydroxylation is 1. The average Bonchev–Trinajstić information content (AvgIpc) is 3.08. The van der Waals surface area contributed by atoms with Crippen LogP contribution in [0.4, 0.5) is 11.5 Å². The van der Waals surface area contributed by atoms with Crippen molar-refractivity contribution in [3.8, 4) is 5.69 Å². The van der Waals surface area contributed by atoms with E-state index in [4.69, 9.17) is 22.9 Å². The highest BCUT2D eigenvalue weighted by atomic mass is 32.3. The van der Waals surface area contributed by atoms with E-state index in [2.05, 4.69) is 10.1 Å². The largest absolute Gasteiger partial charge is 0.726 e. The molecule has 0 spiro atoms. The molecule has 3 aromatic rings. The van der Waals surface area contributed by atoms with Crippen LogP contribution in [0, 0.1) is 12.3 Å². The molecular weight excluding hydrogens is 398 g/mol. The lowest BCUT2D eigenvalue weighted by Crippen LogP contribution is -2.28. The molecule has 2 aromatic carbocycles. The smallest absolute Gasteiger partial charge is 0.397 e. The number of diazo groups is 1. The monoisotopic (exact) mass is 415 g/mol. The highest BCUT2D eigenvalue weighted by molar-refractivity contribution is 7.79. The molecule has 0 radical (unpaired) electrons. The molecule has 3 rings (SSSR count). The third kappa shape index (κ3) is 5.94. The molecule has 0 fully saturated rings. The molecular formula is C18H17N5O5S. The molecule has 0 unspecified atom stereocenters. The van der Waals surface area contributed by atoms with E-state index in [1.165, 1.54) is 4.90 Å². The van der Waals surface area contributed by atoms with Crippen molar-refractivity contribution in [3.63, 3.8) is 0 Å². The summed E-state index contributed by atoms with van der Waals surface area (Å²) in [5.74, 6) is 0.358. The van der Waals surface area contributed by atoms with Gasteiger partial charge in [0.05, 0.1) is 11.4 Å². The van der Waals surface area contributed by atoms with E-state index in [0.29, 0.717) is 11.4 Å². The van der Waals surface area contributed by atoms with Gasteiger partial charge < -0.3 is 4.55 Å². The standard InChI is InChI=1S/C18H16N5O.H2O4S/c1-13-12-17(23(21-13)14-8-4-3-5-9-14)22(2)18(24)15-10-6-7-11-16(15)20-19;1-5(2,3)4/h3-12H,1-2H3;(H2,1,2,3,4)/q+1;/p-1. The van der Waals surface area contributed by atoms with Gasteiger partial charge in [0, 0.05) is 19.2 Å². The molecule has 0 aliphatic rings. The first kappa shape index (κ1) is 21.7. The van der Waals surface area contributed by atoms with E-state index in [0.717, 1.165) is 11.4 Å². The van der Waals surface area contributed by atoms with Gasteiger partial charge in [0.25, 0.3) is 5.91 Å². The average molecular weight is 415 g/mol. The summed E-state index contributed by atoms with van der Waals surface area (Å²) in [6.07, 6.45) is 0. The Morgan fingerprint density at radius 3 is 2.31 bits per heavy atom. The summed E-state index contributed by atoms with van der Waals surface area (Å²) in [5.41, 5.74) is 2.21. The van der Waals surface area contributed by atoms with Crippen LogP contribution in [0.5, 0.6) is 0 Å². The Bertz CT molecular complexity index is 1140. The predicted molar refractivity (Wildman–Crippen MR) is 105 cm³/mol. The van der Waals surface area contributed by atoms with Crippen LogP contribution in [0.1, 0.15) is 16.1 Å². The molecule has 1 heterocycles. The molecule has 0 saturated heterocycles. The van der Waals surface area contributed by atoms with Crippen molar-refractivity contribution in [2.75, 3.05) is 11.9 Å².